The smallest absolute Gasteiger partial charge is 0.339 e. The zero-order valence-electron chi connectivity index (χ0n) is 24.6. The fourth-order valence-corrected chi connectivity index (χ4v) is 6.09. The van der Waals surface area contributed by atoms with Crippen molar-refractivity contribution in [2.24, 2.45) is 0 Å². The maximum Gasteiger partial charge on any atom is 0.339 e. The Balaban J connectivity index is 1.19. The van der Waals surface area contributed by atoms with E-state index >= 15 is 0 Å². The summed E-state index contributed by atoms with van der Waals surface area (Å²) in [6, 6.07) is 16.3. The van der Waals surface area contributed by atoms with Crippen LogP contribution in [0.15, 0.2) is 54.7 Å². The zero-order valence-corrected chi connectivity index (χ0v) is 24.6. The normalized spacial score (nSPS) is 17.0. The number of methoxy groups -OCH3 is 2. The number of piperazine rings is 1. The van der Waals surface area contributed by atoms with E-state index in [4.69, 9.17) is 19.4 Å². The minimum Gasteiger partial charge on any atom is -0.496 e. The van der Waals surface area contributed by atoms with Crippen molar-refractivity contribution < 1.29 is 14.3 Å². The van der Waals surface area contributed by atoms with Crippen LogP contribution < -0.4 is 15.0 Å². The molecule has 0 aliphatic carbocycles. The van der Waals surface area contributed by atoms with Gasteiger partial charge in [-0.15, -0.1) is 0 Å². The molecule has 6 rings (SSSR count). The fourth-order valence-electron chi connectivity index (χ4n) is 6.09. The van der Waals surface area contributed by atoms with Gasteiger partial charge in [0.25, 0.3) is 0 Å². The number of hydrogen-bond donors (Lipinski definition) is 2. The molecule has 4 aromatic rings. The van der Waals surface area contributed by atoms with Crippen molar-refractivity contribution in [2.45, 2.75) is 25.3 Å². The average molecular weight is 570 g/mol. The van der Waals surface area contributed by atoms with Gasteiger partial charge in [-0.3, -0.25) is 4.90 Å². The second-order valence-corrected chi connectivity index (χ2v) is 11.1. The van der Waals surface area contributed by atoms with Crippen molar-refractivity contribution in [1.29, 1.82) is 0 Å². The number of H-pyrrole nitrogens is 1. The number of likely N-dealkylation sites (N-methyl/N-ethyl adjacent to an activating group) is 1. The van der Waals surface area contributed by atoms with E-state index in [1.165, 1.54) is 38.7 Å². The molecule has 42 heavy (non-hydrogen) atoms. The van der Waals surface area contributed by atoms with Gasteiger partial charge < -0.3 is 29.6 Å². The molecule has 2 N–H and O–H groups in total. The molecule has 0 amide bonds. The number of aromatic amines is 1. The van der Waals surface area contributed by atoms with Gasteiger partial charge in [-0.05, 0) is 44.2 Å². The Morgan fingerprint density at radius 2 is 1.79 bits per heavy atom. The third kappa shape index (κ3) is 5.91. The molecule has 0 radical (unpaired) electrons. The number of benzene rings is 2. The highest BCUT2D eigenvalue weighted by atomic mass is 16.5. The number of aromatic nitrogens is 3. The summed E-state index contributed by atoms with van der Waals surface area (Å²) in [5.74, 6) is 1.66. The maximum absolute atomic E-state index is 12.3. The van der Waals surface area contributed by atoms with Crippen LogP contribution in [0.2, 0.25) is 0 Å². The van der Waals surface area contributed by atoms with Gasteiger partial charge in [0, 0.05) is 75.2 Å². The second-order valence-electron chi connectivity index (χ2n) is 11.1. The number of anilines is 3. The van der Waals surface area contributed by atoms with Crippen LogP contribution in [0.5, 0.6) is 5.75 Å². The number of piperidine rings is 1. The standard InChI is InChI=1S/C32H39N7O3/c1-37-16-18-39(19-17-37)23-11-14-38(15-12-23)24-9-8-22(28(21-24)41-2)20-29-34-27-10-13-33-30(27)31(36-29)35-26-7-5-4-6-25(26)32(40)42-3/h4-10,13,21,23,33H,11-12,14-20H2,1-3H3,(H,34,35,36). The lowest BCUT2D eigenvalue weighted by Crippen LogP contribution is -2.52. The predicted molar refractivity (Wildman–Crippen MR) is 165 cm³/mol. The molecule has 2 aromatic carbocycles. The first kappa shape index (κ1) is 28.0. The van der Waals surface area contributed by atoms with Crippen molar-refractivity contribution in [3.05, 3.63) is 71.7 Å². The van der Waals surface area contributed by atoms with Crippen molar-refractivity contribution >= 4 is 34.2 Å². The van der Waals surface area contributed by atoms with E-state index in [1.54, 1.807) is 19.2 Å². The SMILES string of the molecule is COC(=O)c1ccccc1Nc1nc(Cc2ccc(N3CCC(N4CCN(C)CC4)CC3)cc2OC)nc2cc[nH]c12. The van der Waals surface area contributed by atoms with Crippen LogP contribution in [-0.2, 0) is 11.2 Å². The highest BCUT2D eigenvalue weighted by Gasteiger charge is 2.27. The van der Waals surface area contributed by atoms with Crippen molar-refractivity contribution in [3.63, 3.8) is 0 Å². The lowest BCUT2D eigenvalue weighted by molar-refractivity contribution is 0.0602. The molecule has 2 fully saturated rings. The minimum absolute atomic E-state index is 0.413. The fraction of sp³-hybridized carbons (Fsp3) is 0.406. The van der Waals surface area contributed by atoms with Gasteiger partial charge in [0.1, 0.15) is 17.1 Å². The first-order valence-corrected chi connectivity index (χ1v) is 14.6. The third-order valence-corrected chi connectivity index (χ3v) is 8.54. The maximum atomic E-state index is 12.3. The van der Waals surface area contributed by atoms with Crippen LogP contribution in [0.4, 0.5) is 17.2 Å². The first-order valence-electron chi connectivity index (χ1n) is 14.6. The number of para-hydroxylation sites is 1. The molecule has 2 saturated heterocycles. The lowest BCUT2D eigenvalue weighted by Gasteiger charge is -2.42. The molecule has 0 unspecified atom stereocenters. The summed E-state index contributed by atoms with van der Waals surface area (Å²) in [6.45, 7) is 6.78. The summed E-state index contributed by atoms with van der Waals surface area (Å²) in [4.78, 5) is 32.8. The molecular formula is C32H39N7O3. The minimum atomic E-state index is -0.413. The summed E-state index contributed by atoms with van der Waals surface area (Å²) >= 11 is 0. The van der Waals surface area contributed by atoms with Crippen LogP contribution in [0.25, 0.3) is 11.0 Å². The van der Waals surface area contributed by atoms with Crippen LogP contribution in [0, 0.1) is 0 Å². The molecule has 0 atom stereocenters. The number of carbonyl (C=O) groups is 1. The Hall–Kier alpha value is -4.15. The molecule has 2 aliphatic rings. The first-order chi connectivity index (χ1) is 20.5. The number of ether oxygens (including phenoxy) is 2. The number of fused-ring (bicyclic) bond motifs is 1. The van der Waals surface area contributed by atoms with E-state index in [0.29, 0.717) is 35.4 Å². The summed E-state index contributed by atoms with van der Waals surface area (Å²) in [5.41, 5.74) is 4.81. The molecular weight excluding hydrogens is 530 g/mol. The quantitative estimate of drug-likeness (QED) is 0.301. The highest BCUT2D eigenvalue weighted by Crippen LogP contribution is 2.31. The van der Waals surface area contributed by atoms with E-state index < -0.39 is 5.97 Å². The summed E-state index contributed by atoms with van der Waals surface area (Å²) in [5, 5.41) is 3.33. The number of nitrogens with one attached hydrogen (secondary N) is 2. The van der Waals surface area contributed by atoms with Crippen LogP contribution >= 0.6 is 0 Å². The largest absolute Gasteiger partial charge is 0.496 e. The van der Waals surface area contributed by atoms with Gasteiger partial charge in [0.15, 0.2) is 5.82 Å². The number of carbonyl (C=O) groups excluding carboxylic acids is 1. The molecule has 10 heteroatoms. The molecule has 220 valence electrons. The zero-order chi connectivity index (χ0) is 29.1. The average Bonchev–Trinajstić information content (AvgIpc) is 3.51. The highest BCUT2D eigenvalue weighted by molar-refractivity contribution is 5.98. The van der Waals surface area contributed by atoms with E-state index in [2.05, 4.69) is 50.2 Å². The summed E-state index contributed by atoms with van der Waals surface area (Å²) in [7, 11) is 5.31. The topological polar surface area (TPSA) is 98.8 Å². The molecule has 10 nitrogen and oxygen atoms in total. The molecule has 0 bridgehead atoms. The number of esters is 1. The van der Waals surface area contributed by atoms with Gasteiger partial charge in [-0.2, -0.15) is 0 Å². The van der Waals surface area contributed by atoms with Gasteiger partial charge >= 0.3 is 5.97 Å². The Morgan fingerprint density at radius 3 is 2.55 bits per heavy atom. The van der Waals surface area contributed by atoms with Crippen molar-refractivity contribution in [2.75, 3.05) is 70.8 Å². The van der Waals surface area contributed by atoms with Gasteiger partial charge in [-0.1, -0.05) is 18.2 Å². The van der Waals surface area contributed by atoms with E-state index in [0.717, 1.165) is 48.5 Å². The van der Waals surface area contributed by atoms with Crippen molar-refractivity contribution in [3.8, 4) is 5.75 Å². The Bertz CT molecular complexity index is 1540. The monoisotopic (exact) mass is 569 g/mol. The Labute approximate surface area is 246 Å². The third-order valence-electron chi connectivity index (χ3n) is 8.54. The van der Waals surface area contributed by atoms with Crippen molar-refractivity contribution in [1.82, 2.24) is 24.8 Å². The lowest BCUT2D eigenvalue weighted by atomic mass is 10.0. The van der Waals surface area contributed by atoms with E-state index in [1.807, 2.05) is 24.4 Å². The van der Waals surface area contributed by atoms with Gasteiger partial charge in [0.2, 0.25) is 0 Å². The van der Waals surface area contributed by atoms with E-state index in [9.17, 15) is 4.79 Å². The number of rotatable bonds is 8. The molecule has 0 saturated carbocycles. The number of hydrogen-bond acceptors (Lipinski definition) is 9. The molecule has 0 spiro atoms. The molecule has 2 aromatic heterocycles. The van der Waals surface area contributed by atoms with Crippen LogP contribution in [0.3, 0.4) is 0 Å². The molecule has 4 heterocycles. The van der Waals surface area contributed by atoms with Gasteiger partial charge in [0.05, 0.1) is 31.0 Å². The Morgan fingerprint density at radius 1 is 1.00 bits per heavy atom. The summed E-state index contributed by atoms with van der Waals surface area (Å²) < 4.78 is 10.8. The summed E-state index contributed by atoms with van der Waals surface area (Å²) in [6.07, 6.45) is 4.71. The van der Waals surface area contributed by atoms with E-state index in [-0.39, 0.29) is 0 Å². The molecule has 2 aliphatic heterocycles. The Kier molecular flexibility index (Phi) is 8.25. The van der Waals surface area contributed by atoms with Crippen LogP contribution in [0.1, 0.15) is 34.6 Å². The van der Waals surface area contributed by atoms with Crippen LogP contribution in [-0.4, -0.2) is 97.3 Å². The second kappa shape index (κ2) is 12.4. The van der Waals surface area contributed by atoms with Gasteiger partial charge in [-0.25, -0.2) is 14.8 Å². The predicted octanol–water partition coefficient (Wildman–Crippen LogP) is 4.30. The number of nitrogens with zero attached hydrogens (tertiary/aromatic N) is 5.